The summed E-state index contributed by atoms with van der Waals surface area (Å²) in [5.41, 5.74) is -5.53. The largest absolute Gasteiger partial charge is 0.457 e. The Morgan fingerprint density at radius 2 is 1.81 bits per heavy atom. The van der Waals surface area contributed by atoms with E-state index in [1.165, 1.54) is 25.4 Å². The van der Waals surface area contributed by atoms with Crippen LogP contribution < -0.4 is 5.09 Å². The number of halogens is 1. The number of ketones is 1. The lowest BCUT2D eigenvalue weighted by atomic mass is 9.73. The minimum atomic E-state index is -4.55. The standard InChI is InChI=1S/C44H66FN6O14PS/c1-12-31-44(9,56)38-25(5)34(48-33(52)13-2)23(3)17-42(7,37(26(6)36(54)43(8,45)41(55)64-31)65-40-35(53)30(51(10)11)16-24(4)63-40)61-20-29(19-60-38)49-62-21-28-15-14-27(18-46-28)39-47-32(22-67-39)50-66(57,58)59/h14-15,18,22-26,30-31,35,37-38,40,53,56H,12-13,16-17,19-21H2,1-11H3,(H3,50,57,58,59)/b48-34?,49-29+/t23-,24-,25+,26+,30+,31-,35-,37-,38+,40+,42-,43+,44-/m1/s1. The minimum Gasteiger partial charge on any atom is -0.457 e. The van der Waals surface area contributed by atoms with Gasteiger partial charge in [0.15, 0.2) is 18.7 Å². The molecule has 2 aromatic heterocycles. The molecule has 2 aromatic rings. The van der Waals surface area contributed by atoms with Crippen LogP contribution in [0.4, 0.5) is 10.2 Å². The van der Waals surface area contributed by atoms with Crippen molar-refractivity contribution in [1.82, 2.24) is 14.9 Å². The normalized spacial score (nSPS) is 36.3. The molecule has 3 fully saturated rings. The van der Waals surface area contributed by atoms with Crippen LogP contribution in [0.25, 0.3) is 10.6 Å². The summed E-state index contributed by atoms with van der Waals surface area (Å²) in [6, 6.07) is 2.91. The Morgan fingerprint density at radius 3 is 2.42 bits per heavy atom. The first-order chi connectivity index (χ1) is 31.2. The molecule has 0 radical (unpaired) electrons. The van der Waals surface area contributed by atoms with E-state index in [2.05, 4.69) is 20.1 Å². The lowest BCUT2D eigenvalue weighted by molar-refractivity contribution is -0.296. The molecule has 5 heterocycles. The number of ether oxygens (including phenoxy) is 5. The van der Waals surface area contributed by atoms with Gasteiger partial charge in [0.05, 0.1) is 42.8 Å². The predicted octanol–water partition coefficient (Wildman–Crippen LogP) is 4.63. The van der Waals surface area contributed by atoms with E-state index in [0.29, 0.717) is 28.4 Å². The second-order valence-electron chi connectivity index (χ2n) is 18.5. The zero-order valence-electron chi connectivity index (χ0n) is 39.9. The Kier molecular flexibility index (Phi) is 17.8. The van der Waals surface area contributed by atoms with E-state index in [0.717, 1.165) is 18.3 Å². The van der Waals surface area contributed by atoms with Crippen LogP contribution in [0.5, 0.6) is 0 Å². The summed E-state index contributed by atoms with van der Waals surface area (Å²) in [5, 5.41) is 32.5. The maximum absolute atomic E-state index is 17.0. The number of aromatic nitrogens is 2. The topological polar surface area (TPSA) is 270 Å². The van der Waals surface area contributed by atoms with Crippen molar-refractivity contribution < 1.29 is 71.9 Å². The molecule has 5 N–H and O–H groups in total. The molecule has 0 aromatic carbocycles. The number of anilines is 1. The van der Waals surface area contributed by atoms with Gasteiger partial charge in [0.25, 0.3) is 5.67 Å². The number of aliphatic hydroxyl groups excluding tert-OH is 1. The molecule has 3 aliphatic rings. The van der Waals surface area contributed by atoms with Gasteiger partial charge in [0, 0.05) is 47.2 Å². The quantitative estimate of drug-likeness (QED) is 0.0889. The molecule has 0 unspecified atom stereocenters. The van der Waals surface area contributed by atoms with Gasteiger partial charge < -0.3 is 53.4 Å². The summed E-state index contributed by atoms with van der Waals surface area (Å²) >= 11 is 1.15. The Morgan fingerprint density at radius 1 is 1.10 bits per heavy atom. The fourth-order valence-electron chi connectivity index (χ4n) is 9.08. The second-order valence-corrected chi connectivity index (χ2v) is 20.7. The number of aliphatic imine (C=N–C) groups is 1. The summed E-state index contributed by atoms with van der Waals surface area (Å²) < 4.78 is 60.2. The molecule has 1 amide bonds. The van der Waals surface area contributed by atoms with Crippen molar-refractivity contribution >= 4 is 54.0 Å². The maximum Gasteiger partial charge on any atom is 0.428 e. The number of carbonyl (C=O) groups is 3. The second kappa shape index (κ2) is 22.0. The van der Waals surface area contributed by atoms with Crippen LogP contribution in [-0.2, 0) is 54.1 Å². The van der Waals surface area contributed by atoms with Crippen LogP contribution >= 0.6 is 19.1 Å². The van der Waals surface area contributed by atoms with Gasteiger partial charge in [-0.25, -0.2) is 23.7 Å². The lowest BCUT2D eigenvalue weighted by Gasteiger charge is -2.47. The maximum atomic E-state index is 17.0. The minimum absolute atomic E-state index is 0.00956. The number of likely N-dealkylation sites (N-methyl/N-ethyl adjacent to an activating group) is 1. The van der Waals surface area contributed by atoms with Crippen LogP contribution in [-0.4, -0.2) is 151 Å². The summed E-state index contributed by atoms with van der Waals surface area (Å²) in [7, 11) is -0.955. The third kappa shape index (κ3) is 13.0. The summed E-state index contributed by atoms with van der Waals surface area (Å²) in [5.74, 6) is -6.22. The van der Waals surface area contributed by atoms with Gasteiger partial charge >= 0.3 is 13.7 Å². The smallest absolute Gasteiger partial charge is 0.428 e. The first kappa shape index (κ1) is 54.3. The molecule has 0 aliphatic carbocycles. The van der Waals surface area contributed by atoms with E-state index >= 15 is 4.39 Å². The molecule has 13 atom stereocenters. The number of amides is 1. The van der Waals surface area contributed by atoms with E-state index in [1.54, 1.807) is 60.8 Å². The van der Waals surface area contributed by atoms with Gasteiger partial charge in [-0.2, -0.15) is 0 Å². The number of esters is 1. The highest BCUT2D eigenvalue weighted by Gasteiger charge is 2.56. The molecule has 3 saturated heterocycles. The van der Waals surface area contributed by atoms with Crippen LogP contribution in [0.2, 0.25) is 0 Å². The number of hydrogen-bond acceptors (Lipinski definition) is 17. The van der Waals surface area contributed by atoms with E-state index in [4.69, 9.17) is 28.5 Å². The number of oxime groups is 1. The van der Waals surface area contributed by atoms with Gasteiger partial charge in [-0.05, 0) is 79.1 Å². The van der Waals surface area contributed by atoms with Crippen molar-refractivity contribution in [3.63, 3.8) is 0 Å². The van der Waals surface area contributed by atoms with Crippen molar-refractivity contribution in [2.45, 2.75) is 154 Å². The highest BCUT2D eigenvalue weighted by atomic mass is 32.1. The number of fused-ring (bicyclic) bond motifs is 5. The number of aliphatic hydroxyl groups is 2. The zero-order valence-corrected chi connectivity index (χ0v) is 41.6. The average molecular weight is 985 g/mol. The van der Waals surface area contributed by atoms with Gasteiger partial charge in [-0.3, -0.25) is 19.7 Å². The fourth-order valence-corrected chi connectivity index (χ4v) is 10.3. The van der Waals surface area contributed by atoms with Gasteiger partial charge in [0.2, 0.25) is 5.91 Å². The van der Waals surface area contributed by atoms with Crippen molar-refractivity contribution in [1.29, 1.82) is 0 Å². The van der Waals surface area contributed by atoms with Crippen LogP contribution in [0, 0.1) is 17.8 Å². The number of nitrogens with zero attached hydrogens (tertiary/aromatic N) is 5. The summed E-state index contributed by atoms with van der Waals surface area (Å²) in [6.45, 7) is 12.9. The van der Waals surface area contributed by atoms with Crippen molar-refractivity contribution in [3.8, 4) is 10.6 Å². The predicted molar refractivity (Wildman–Crippen MR) is 245 cm³/mol. The Balaban J connectivity index is 1.62. The Bertz CT molecular complexity index is 2170. The number of cyclic esters (lactones) is 1. The Labute approximate surface area is 394 Å². The molecular formula is C44H66FN6O14PS. The molecule has 20 nitrogen and oxygen atoms in total. The molecule has 67 heavy (non-hydrogen) atoms. The third-order valence-corrected chi connectivity index (χ3v) is 14.1. The van der Waals surface area contributed by atoms with Crippen LogP contribution in [0.3, 0.4) is 0 Å². The SMILES string of the molecule is CCC(=O)N=C1[C@H](C)C[C@@]2(C)OC/C(=N/OCc3ccc(-c4nc(NP(=O)(O)O)cs4)cn3)CO[C@@H]([C@H]1C)[C@](C)(O)[C@@H](CC)OC(=O)[C@@](C)(F)C(=O)[C@H](C)[C@H]2O[C@@H]1O[C@H](C)C[C@H](N(C)C)[C@H]1O. The highest BCUT2D eigenvalue weighted by Crippen LogP contribution is 2.41. The van der Waals surface area contributed by atoms with E-state index in [9.17, 15) is 38.9 Å². The number of carbonyl (C=O) groups excluding carboxylic acids is 3. The summed E-state index contributed by atoms with van der Waals surface area (Å²) in [4.78, 5) is 80.9. The average Bonchev–Trinajstić information content (AvgIpc) is 3.71. The lowest BCUT2D eigenvalue weighted by Crippen LogP contribution is -2.61. The molecule has 5 rings (SSSR count). The molecule has 23 heteroatoms. The summed E-state index contributed by atoms with van der Waals surface area (Å²) in [6.07, 6.45) is -5.27. The van der Waals surface area contributed by atoms with E-state index < -0.39 is 103 Å². The van der Waals surface area contributed by atoms with E-state index in [-0.39, 0.29) is 50.6 Å². The number of alkyl halides is 1. The van der Waals surface area contributed by atoms with Crippen molar-refractivity contribution in [2.24, 2.45) is 27.9 Å². The zero-order chi connectivity index (χ0) is 49.8. The fraction of sp³-hybridized carbons (Fsp3) is 0.705. The number of nitrogens with one attached hydrogen (secondary N) is 1. The number of Topliss-reactive ketones (excluding diaryl/α,β-unsaturated/α-hetero) is 1. The van der Waals surface area contributed by atoms with Crippen molar-refractivity contribution in [2.75, 3.05) is 32.4 Å². The molecular weight excluding hydrogens is 919 g/mol. The third-order valence-electron chi connectivity index (χ3n) is 12.7. The van der Waals surface area contributed by atoms with E-state index in [1.807, 2.05) is 16.9 Å². The van der Waals surface area contributed by atoms with Crippen molar-refractivity contribution in [3.05, 3.63) is 29.4 Å². The van der Waals surface area contributed by atoms with Gasteiger partial charge in [0.1, 0.15) is 34.3 Å². The van der Waals surface area contributed by atoms with Gasteiger partial charge in [-0.1, -0.05) is 39.8 Å². The van der Waals surface area contributed by atoms with Crippen LogP contribution in [0.15, 0.2) is 33.9 Å². The molecule has 0 spiro atoms. The molecule has 374 valence electrons. The highest BCUT2D eigenvalue weighted by molar-refractivity contribution is 7.53. The number of thiazole rings is 1. The Hall–Kier alpha value is -3.67. The van der Waals surface area contributed by atoms with Crippen LogP contribution in [0.1, 0.15) is 93.7 Å². The monoisotopic (exact) mass is 984 g/mol. The number of rotatable bonds is 11. The molecule has 0 saturated carbocycles. The molecule has 3 aliphatic heterocycles. The number of hydrogen-bond donors (Lipinski definition) is 5. The first-order valence-corrected chi connectivity index (χ1v) is 24.8. The number of pyridine rings is 1. The van der Waals surface area contributed by atoms with Gasteiger partial charge in [-0.15, -0.1) is 11.3 Å². The molecule has 2 bridgehead atoms. The first-order valence-electron chi connectivity index (χ1n) is 22.3.